The predicted molar refractivity (Wildman–Crippen MR) is 110 cm³/mol. The van der Waals surface area contributed by atoms with Crippen LogP contribution in [0.2, 0.25) is 0 Å². The molecule has 0 radical (unpaired) electrons. The van der Waals surface area contributed by atoms with E-state index in [-0.39, 0.29) is 28.2 Å². The second-order valence-electron chi connectivity index (χ2n) is 8.56. The van der Waals surface area contributed by atoms with Crippen LogP contribution in [-0.4, -0.2) is 46.0 Å². The molecule has 0 spiro atoms. The monoisotopic (exact) mass is 447 g/mol. The van der Waals surface area contributed by atoms with E-state index in [1.807, 2.05) is 0 Å². The zero-order valence-corrected chi connectivity index (χ0v) is 17.8. The number of fused-ring (bicyclic) bond motifs is 3. The maximum atomic E-state index is 14.6. The largest absolute Gasteiger partial charge is 0.425 e. The summed E-state index contributed by atoms with van der Waals surface area (Å²) < 4.78 is 58.1. The van der Waals surface area contributed by atoms with Crippen LogP contribution in [0.4, 0.5) is 17.6 Å². The number of rotatable bonds is 3. The van der Waals surface area contributed by atoms with E-state index in [1.165, 1.54) is 40.2 Å². The molecule has 9 heteroatoms. The first-order chi connectivity index (χ1) is 14.8. The molecule has 32 heavy (non-hydrogen) atoms. The summed E-state index contributed by atoms with van der Waals surface area (Å²) in [7, 11) is 3.20. The molecule has 0 fully saturated rings. The first kappa shape index (κ1) is 22.0. The van der Waals surface area contributed by atoms with Crippen molar-refractivity contribution in [1.82, 2.24) is 14.7 Å². The summed E-state index contributed by atoms with van der Waals surface area (Å²) >= 11 is 0. The van der Waals surface area contributed by atoms with Gasteiger partial charge in [-0.3, -0.25) is 9.48 Å². The van der Waals surface area contributed by atoms with E-state index in [9.17, 15) is 27.5 Å². The Kier molecular flexibility index (Phi) is 4.74. The van der Waals surface area contributed by atoms with Crippen LogP contribution in [0.25, 0.3) is 22.3 Å². The molecule has 0 aliphatic heterocycles. The zero-order chi connectivity index (χ0) is 23.6. The number of amides is 1. The van der Waals surface area contributed by atoms with E-state index in [0.29, 0.717) is 5.56 Å². The Labute approximate surface area is 181 Å². The van der Waals surface area contributed by atoms with Crippen LogP contribution >= 0.6 is 0 Å². The van der Waals surface area contributed by atoms with Crippen molar-refractivity contribution >= 4 is 5.91 Å². The lowest BCUT2D eigenvalue weighted by atomic mass is 9.89. The molecule has 0 bridgehead atoms. The number of hydrogen-bond acceptors (Lipinski definition) is 3. The molecule has 1 heterocycles. The van der Waals surface area contributed by atoms with Crippen molar-refractivity contribution in [1.29, 1.82) is 0 Å². The molecular formula is C23H21F4N3O2. The standard InChI is InChI=1S/C23H21F4N3O2/c1-21(2,20(31)29(3)4)30-12-13(11-28-30)16-9-14(24)10-18-19(16)15-7-5-6-8-17(15)22(18,32)23(25,26)27/h5-12,32H,1-4H3/t22-/m1/s1. The Bertz CT molecular complexity index is 1230. The van der Waals surface area contributed by atoms with Crippen LogP contribution in [-0.2, 0) is 15.9 Å². The number of carbonyl (C=O) groups is 1. The van der Waals surface area contributed by atoms with E-state index in [2.05, 4.69) is 5.10 Å². The topological polar surface area (TPSA) is 58.4 Å². The van der Waals surface area contributed by atoms with E-state index >= 15 is 0 Å². The average Bonchev–Trinajstić information content (AvgIpc) is 3.30. The smallest absolute Gasteiger partial charge is 0.372 e. The number of benzene rings is 2. The van der Waals surface area contributed by atoms with E-state index in [0.717, 1.165) is 12.1 Å². The Morgan fingerprint density at radius 2 is 1.75 bits per heavy atom. The van der Waals surface area contributed by atoms with Crippen LogP contribution in [0.3, 0.4) is 0 Å². The summed E-state index contributed by atoms with van der Waals surface area (Å²) in [5.74, 6) is -1.17. The van der Waals surface area contributed by atoms with Crippen LogP contribution in [0.1, 0.15) is 25.0 Å². The lowest BCUT2D eigenvalue weighted by Gasteiger charge is -2.28. The van der Waals surface area contributed by atoms with Crippen molar-refractivity contribution in [2.75, 3.05) is 14.1 Å². The molecular weight excluding hydrogens is 426 g/mol. The van der Waals surface area contributed by atoms with E-state index in [4.69, 9.17) is 0 Å². The van der Waals surface area contributed by atoms with Gasteiger partial charge in [-0.05, 0) is 42.7 Å². The molecule has 0 saturated carbocycles. The molecule has 2 aromatic carbocycles. The average molecular weight is 447 g/mol. The SMILES string of the molecule is CN(C)C(=O)C(C)(C)n1cc(-c2cc(F)cc3c2-c2ccccc2[C@]3(O)C(F)(F)F)cn1. The molecule has 3 aromatic rings. The van der Waals surface area contributed by atoms with Gasteiger partial charge in [0.25, 0.3) is 0 Å². The first-order valence-corrected chi connectivity index (χ1v) is 9.80. The molecule has 5 nitrogen and oxygen atoms in total. The van der Waals surface area contributed by atoms with Crippen molar-refractivity contribution in [2.24, 2.45) is 0 Å². The minimum absolute atomic E-state index is 0.0816. The lowest BCUT2D eigenvalue weighted by Crippen LogP contribution is -2.44. The Hall–Kier alpha value is -3.20. The van der Waals surface area contributed by atoms with Gasteiger partial charge in [0, 0.05) is 37.0 Å². The fourth-order valence-electron chi connectivity index (χ4n) is 4.29. The Morgan fingerprint density at radius 1 is 1.09 bits per heavy atom. The summed E-state index contributed by atoms with van der Waals surface area (Å²) in [4.78, 5) is 14.0. The molecule has 1 N–H and O–H groups in total. The van der Waals surface area contributed by atoms with Gasteiger partial charge in [0.05, 0.1) is 6.20 Å². The normalized spacial score (nSPS) is 17.8. The molecule has 4 rings (SSSR count). The number of aliphatic hydroxyl groups is 1. The van der Waals surface area contributed by atoms with Crippen molar-refractivity contribution in [2.45, 2.75) is 31.2 Å². The highest BCUT2D eigenvalue weighted by Gasteiger charge is 2.61. The summed E-state index contributed by atoms with van der Waals surface area (Å²) in [6.45, 7) is 3.31. The minimum atomic E-state index is -5.07. The molecule has 1 aliphatic carbocycles. The van der Waals surface area contributed by atoms with E-state index < -0.39 is 28.7 Å². The molecule has 0 saturated heterocycles. The van der Waals surface area contributed by atoms with Crippen molar-refractivity contribution in [3.05, 3.63) is 65.7 Å². The maximum Gasteiger partial charge on any atom is 0.425 e. The number of likely N-dealkylation sites (N-methyl/N-ethyl adjacent to an activating group) is 1. The molecule has 1 aromatic heterocycles. The highest BCUT2D eigenvalue weighted by Crippen LogP contribution is 2.57. The van der Waals surface area contributed by atoms with Gasteiger partial charge in [-0.15, -0.1) is 0 Å². The molecule has 0 unspecified atom stereocenters. The predicted octanol–water partition coefficient (Wildman–Crippen LogP) is 4.29. The van der Waals surface area contributed by atoms with Gasteiger partial charge in [0.2, 0.25) is 11.5 Å². The van der Waals surface area contributed by atoms with Gasteiger partial charge < -0.3 is 10.0 Å². The summed E-state index contributed by atoms with van der Waals surface area (Å²) in [6, 6.07) is 7.43. The Morgan fingerprint density at radius 3 is 2.38 bits per heavy atom. The van der Waals surface area contributed by atoms with Gasteiger partial charge in [-0.1, -0.05) is 24.3 Å². The van der Waals surface area contributed by atoms with Crippen LogP contribution in [0.15, 0.2) is 48.8 Å². The third-order valence-electron chi connectivity index (χ3n) is 5.89. The fraction of sp³-hybridized carbons (Fsp3) is 0.304. The molecule has 1 atom stereocenters. The fourth-order valence-corrected chi connectivity index (χ4v) is 4.29. The molecule has 168 valence electrons. The van der Waals surface area contributed by atoms with Crippen LogP contribution < -0.4 is 0 Å². The minimum Gasteiger partial charge on any atom is -0.372 e. The number of carbonyl (C=O) groups excluding carboxylic acids is 1. The number of halogens is 4. The van der Waals surface area contributed by atoms with Gasteiger partial charge in [0.15, 0.2) is 0 Å². The van der Waals surface area contributed by atoms with Gasteiger partial charge in [0.1, 0.15) is 11.4 Å². The van der Waals surface area contributed by atoms with Crippen LogP contribution in [0, 0.1) is 5.82 Å². The number of nitrogens with zero attached hydrogens (tertiary/aromatic N) is 3. The second-order valence-corrected chi connectivity index (χ2v) is 8.56. The van der Waals surface area contributed by atoms with Gasteiger partial charge in [-0.2, -0.15) is 18.3 Å². The molecule has 1 aliphatic rings. The maximum absolute atomic E-state index is 14.6. The lowest BCUT2D eigenvalue weighted by molar-refractivity contribution is -0.246. The summed E-state index contributed by atoms with van der Waals surface area (Å²) in [5.41, 5.74) is -4.64. The van der Waals surface area contributed by atoms with Crippen molar-refractivity contribution < 1.29 is 27.5 Å². The van der Waals surface area contributed by atoms with Crippen molar-refractivity contribution in [3.8, 4) is 22.3 Å². The summed E-state index contributed by atoms with van der Waals surface area (Å²) in [5, 5.41) is 15.1. The van der Waals surface area contributed by atoms with Crippen LogP contribution in [0.5, 0.6) is 0 Å². The Balaban J connectivity index is 1.96. The van der Waals surface area contributed by atoms with E-state index in [1.54, 1.807) is 34.0 Å². The van der Waals surface area contributed by atoms with Gasteiger partial charge in [-0.25, -0.2) is 4.39 Å². The number of hydrogen-bond donors (Lipinski definition) is 1. The number of alkyl halides is 3. The molecule has 1 amide bonds. The quantitative estimate of drug-likeness (QED) is 0.610. The third-order valence-corrected chi connectivity index (χ3v) is 5.89. The first-order valence-electron chi connectivity index (χ1n) is 9.80. The third kappa shape index (κ3) is 2.95. The van der Waals surface area contributed by atoms with Gasteiger partial charge >= 0.3 is 6.18 Å². The highest BCUT2D eigenvalue weighted by molar-refractivity contribution is 5.92. The van der Waals surface area contributed by atoms with Crippen molar-refractivity contribution in [3.63, 3.8) is 0 Å². The zero-order valence-electron chi connectivity index (χ0n) is 17.8. The number of aromatic nitrogens is 2. The highest BCUT2D eigenvalue weighted by atomic mass is 19.4. The summed E-state index contributed by atoms with van der Waals surface area (Å²) in [6.07, 6.45) is -2.21. The second kappa shape index (κ2) is 6.90.